The number of carbonyl (C=O) groups is 2. The normalized spacial score (nSPS) is 10.9. The number of carbonyl (C=O) groups excluding carboxylic acids is 2. The molecular formula is C26H20FN3O2. The van der Waals surface area contributed by atoms with Gasteiger partial charge in [0.1, 0.15) is 5.82 Å². The third-order valence-electron chi connectivity index (χ3n) is 4.95. The molecule has 5 nitrogen and oxygen atoms in total. The van der Waals surface area contributed by atoms with Crippen LogP contribution < -0.4 is 5.32 Å². The molecule has 4 aromatic rings. The van der Waals surface area contributed by atoms with E-state index < -0.39 is 0 Å². The maximum absolute atomic E-state index is 13.2. The summed E-state index contributed by atoms with van der Waals surface area (Å²) in [6.07, 6.45) is 4.72. The fourth-order valence-electron chi connectivity index (χ4n) is 3.35. The molecule has 6 heteroatoms. The molecule has 32 heavy (non-hydrogen) atoms. The van der Waals surface area contributed by atoms with Gasteiger partial charge < -0.3 is 5.32 Å². The maximum Gasteiger partial charge on any atom is 0.248 e. The summed E-state index contributed by atoms with van der Waals surface area (Å²) in [5.74, 6) is -0.710. The van der Waals surface area contributed by atoms with Crippen molar-refractivity contribution in [1.29, 1.82) is 0 Å². The van der Waals surface area contributed by atoms with E-state index in [4.69, 9.17) is 0 Å². The highest BCUT2D eigenvalue weighted by Crippen LogP contribution is 2.24. The molecule has 0 aliphatic heterocycles. The number of anilines is 1. The summed E-state index contributed by atoms with van der Waals surface area (Å²) in [5, 5.41) is 7.01. The smallest absolute Gasteiger partial charge is 0.248 e. The molecule has 0 atom stereocenters. The van der Waals surface area contributed by atoms with Crippen molar-refractivity contribution in [3.05, 3.63) is 114 Å². The number of ketones is 1. The predicted octanol–water partition coefficient (Wildman–Crippen LogP) is 5.11. The SMILES string of the molecule is Cn1ncc(/C=C/C(=O)Nc2ccc(C(=O)c3ccccc3)cc2)c1-c1ccc(F)cc1. The van der Waals surface area contributed by atoms with Crippen molar-refractivity contribution in [3.8, 4) is 11.3 Å². The van der Waals surface area contributed by atoms with Crippen molar-refractivity contribution in [1.82, 2.24) is 9.78 Å². The first-order chi connectivity index (χ1) is 15.5. The third-order valence-corrected chi connectivity index (χ3v) is 4.95. The summed E-state index contributed by atoms with van der Waals surface area (Å²) >= 11 is 0. The van der Waals surface area contributed by atoms with E-state index >= 15 is 0 Å². The number of amides is 1. The molecule has 0 aliphatic carbocycles. The first kappa shape index (κ1) is 20.9. The molecule has 0 saturated heterocycles. The van der Waals surface area contributed by atoms with Crippen molar-refractivity contribution < 1.29 is 14.0 Å². The molecule has 0 fully saturated rings. The Bertz CT molecular complexity index is 1280. The van der Waals surface area contributed by atoms with Gasteiger partial charge in [-0.1, -0.05) is 30.3 Å². The summed E-state index contributed by atoms with van der Waals surface area (Å²) in [5.41, 5.74) is 4.04. The number of hydrogen-bond acceptors (Lipinski definition) is 3. The van der Waals surface area contributed by atoms with Gasteiger partial charge in [-0.25, -0.2) is 4.39 Å². The lowest BCUT2D eigenvalue weighted by atomic mass is 10.0. The first-order valence-corrected chi connectivity index (χ1v) is 9.98. The number of rotatable bonds is 6. The summed E-state index contributed by atoms with van der Waals surface area (Å²) in [6.45, 7) is 0. The minimum absolute atomic E-state index is 0.0757. The Morgan fingerprint density at radius 3 is 2.25 bits per heavy atom. The van der Waals surface area contributed by atoms with Crippen LogP contribution in [-0.4, -0.2) is 21.5 Å². The van der Waals surface area contributed by atoms with Crippen molar-refractivity contribution in [2.45, 2.75) is 0 Å². The molecule has 0 spiro atoms. The van der Waals surface area contributed by atoms with Crippen LogP contribution in [-0.2, 0) is 11.8 Å². The van der Waals surface area contributed by atoms with Crippen LogP contribution in [0.5, 0.6) is 0 Å². The third kappa shape index (κ3) is 4.70. The minimum atomic E-state index is -0.318. The van der Waals surface area contributed by atoms with Gasteiger partial charge in [0.25, 0.3) is 0 Å². The topological polar surface area (TPSA) is 64.0 Å². The second kappa shape index (κ2) is 9.22. The van der Waals surface area contributed by atoms with Crippen LogP contribution in [0.15, 0.2) is 91.1 Å². The van der Waals surface area contributed by atoms with E-state index in [9.17, 15) is 14.0 Å². The Balaban J connectivity index is 1.44. The number of aromatic nitrogens is 2. The average Bonchev–Trinajstić information content (AvgIpc) is 3.19. The molecule has 0 unspecified atom stereocenters. The molecule has 3 aromatic carbocycles. The Morgan fingerprint density at radius 2 is 1.56 bits per heavy atom. The summed E-state index contributed by atoms with van der Waals surface area (Å²) in [7, 11) is 1.79. The molecule has 0 bridgehead atoms. The summed E-state index contributed by atoms with van der Waals surface area (Å²) in [6, 6.07) is 21.9. The Morgan fingerprint density at radius 1 is 0.906 bits per heavy atom. The second-order valence-electron chi connectivity index (χ2n) is 7.17. The number of halogens is 1. The molecule has 0 radical (unpaired) electrons. The molecule has 4 rings (SSSR count). The van der Waals surface area contributed by atoms with E-state index in [1.807, 2.05) is 18.2 Å². The summed E-state index contributed by atoms with van der Waals surface area (Å²) < 4.78 is 14.9. The lowest BCUT2D eigenvalue weighted by Crippen LogP contribution is -2.08. The standard InChI is InChI=1S/C26H20FN3O2/c1-30-25(18-7-12-22(27)13-8-18)21(17-28-30)11-16-24(31)29-23-14-9-20(10-15-23)26(32)19-5-3-2-4-6-19/h2-17H,1H3,(H,29,31)/b16-11+. The molecule has 1 N–H and O–H groups in total. The lowest BCUT2D eigenvalue weighted by molar-refractivity contribution is -0.111. The first-order valence-electron chi connectivity index (χ1n) is 9.98. The predicted molar refractivity (Wildman–Crippen MR) is 123 cm³/mol. The Kier molecular flexibility index (Phi) is 6.03. The lowest BCUT2D eigenvalue weighted by Gasteiger charge is -2.05. The van der Waals surface area contributed by atoms with Gasteiger partial charge in [-0.15, -0.1) is 0 Å². The van der Waals surface area contributed by atoms with E-state index in [0.717, 1.165) is 16.8 Å². The van der Waals surface area contributed by atoms with Gasteiger partial charge in [0.05, 0.1) is 11.9 Å². The fourth-order valence-corrected chi connectivity index (χ4v) is 3.35. The van der Waals surface area contributed by atoms with Crippen LogP contribution in [0.2, 0.25) is 0 Å². The highest BCUT2D eigenvalue weighted by atomic mass is 19.1. The number of hydrogen-bond donors (Lipinski definition) is 1. The molecule has 0 saturated carbocycles. The van der Waals surface area contributed by atoms with Crippen LogP contribution in [0.3, 0.4) is 0 Å². The molecular weight excluding hydrogens is 405 g/mol. The van der Waals surface area contributed by atoms with Gasteiger partial charge in [-0.05, 0) is 54.6 Å². The molecule has 1 amide bonds. The van der Waals surface area contributed by atoms with E-state index in [-0.39, 0.29) is 17.5 Å². The largest absolute Gasteiger partial charge is 0.323 e. The van der Waals surface area contributed by atoms with Crippen molar-refractivity contribution in [3.63, 3.8) is 0 Å². The van der Waals surface area contributed by atoms with Crippen LogP contribution in [0.4, 0.5) is 10.1 Å². The number of nitrogens with one attached hydrogen (secondary N) is 1. The molecule has 158 valence electrons. The Labute approximate surface area is 184 Å². The van der Waals surface area contributed by atoms with E-state index in [1.54, 1.807) is 72.5 Å². The van der Waals surface area contributed by atoms with Crippen LogP contribution >= 0.6 is 0 Å². The van der Waals surface area contributed by atoms with Crippen LogP contribution in [0.25, 0.3) is 17.3 Å². The second-order valence-corrected chi connectivity index (χ2v) is 7.17. The highest BCUT2D eigenvalue weighted by Gasteiger charge is 2.11. The zero-order valence-corrected chi connectivity index (χ0v) is 17.3. The average molecular weight is 425 g/mol. The van der Waals surface area contributed by atoms with E-state index in [0.29, 0.717) is 16.8 Å². The molecule has 1 heterocycles. The zero-order chi connectivity index (χ0) is 22.5. The molecule has 1 aromatic heterocycles. The van der Waals surface area contributed by atoms with Gasteiger partial charge in [-0.2, -0.15) is 5.10 Å². The number of benzene rings is 3. The van der Waals surface area contributed by atoms with Gasteiger partial charge in [0.15, 0.2) is 5.78 Å². The summed E-state index contributed by atoms with van der Waals surface area (Å²) in [4.78, 5) is 24.9. The van der Waals surface area contributed by atoms with Crippen molar-refractivity contribution >= 4 is 23.5 Å². The van der Waals surface area contributed by atoms with Gasteiger partial charge in [0.2, 0.25) is 5.91 Å². The number of aryl methyl sites for hydroxylation is 1. The maximum atomic E-state index is 13.2. The van der Waals surface area contributed by atoms with E-state index in [2.05, 4.69) is 10.4 Å². The monoisotopic (exact) mass is 425 g/mol. The minimum Gasteiger partial charge on any atom is -0.323 e. The zero-order valence-electron chi connectivity index (χ0n) is 17.3. The number of nitrogens with zero attached hydrogens (tertiary/aromatic N) is 2. The Hall–Kier alpha value is -4.32. The van der Waals surface area contributed by atoms with Crippen LogP contribution in [0, 0.1) is 5.82 Å². The quantitative estimate of drug-likeness (QED) is 0.345. The van der Waals surface area contributed by atoms with E-state index in [1.165, 1.54) is 18.2 Å². The highest BCUT2D eigenvalue weighted by molar-refractivity contribution is 6.09. The van der Waals surface area contributed by atoms with Gasteiger partial charge in [-0.3, -0.25) is 14.3 Å². The van der Waals surface area contributed by atoms with Crippen molar-refractivity contribution in [2.75, 3.05) is 5.32 Å². The molecule has 0 aliphatic rings. The van der Waals surface area contributed by atoms with Crippen LogP contribution in [0.1, 0.15) is 21.5 Å². The van der Waals surface area contributed by atoms with Crippen molar-refractivity contribution in [2.24, 2.45) is 7.05 Å². The van der Waals surface area contributed by atoms with Gasteiger partial charge >= 0.3 is 0 Å². The fraction of sp³-hybridized carbons (Fsp3) is 0.0385. The van der Waals surface area contributed by atoms with Gasteiger partial charge in [0, 0.05) is 41.1 Å².